The average molecular weight is 244 g/mol. The van der Waals surface area contributed by atoms with Gasteiger partial charge in [-0.3, -0.25) is 4.79 Å². The summed E-state index contributed by atoms with van der Waals surface area (Å²) in [6.45, 7) is 3.34. The first-order valence-corrected chi connectivity index (χ1v) is 5.12. The molecule has 0 aromatic heterocycles. The van der Waals surface area contributed by atoms with Crippen LogP contribution in [0.5, 0.6) is 0 Å². The maximum absolute atomic E-state index is 10.5. The molecule has 4 nitrogen and oxygen atoms in total. The summed E-state index contributed by atoms with van der Waals surface area (Å²) in [7, 11) is 0. The standard InChI is InChI=1S/C9H10O2.C4H6O2.Li.H/c1-7(9(10)11)8-5-3-2-4-6-8;1-2-3-4(5)6;;/h2-7H,1H3,(H,10,11);2-3H,1H3,(H,5,6);;/b;3-2+;;. The number of allylic oxidation sites excluding steroid dienone is 1. The van der Waals surface area contributed by atoms with Gasteiger partial charge in [-0.1, -0.05) is 36.4 Å². The van der Waals surface area contributed by atoms with Crippen molar-refractivity contribution < 1.29 is 19.8 Å². The molecule has 0 spiro atoms. The summed E-state index contributed by atoms with van der Waals surface area (Å²) in [6, 6.07) is 9.19. The van der Waals surface area contributed by atoms with Gasteiger partial charge in [0.1, 0.15) is 0 Å². The third-order valence-corrected chi connectivity index (χ3v) is 1.98. The molecule has 0 fully saturated rings. The molecule has 18 heavy (non-hydrogen) atoms. The van der Waals surface area contributed by atoms with Crippen molar-refractivity contribution in [1.29, 1.82) is 0 Å². The van der Waals surface area contributed by atoms with Crippen LogP contribution in [-0.2, 0) is 9.59 Å². The van der Waals surface area contributed by atoms with E-state index >= 15 is 0 Å². The molecular formula is C13H17LiO4. The van der Waals surface area contributed by atoms with Gasteiger partial charge in [0, 0.05) is 6.08 Å². The van der Waals surface area contributed by atoms with Gasteiger partial charge < -0.3 is 10.2 Å². The van der Waals surface area contributed by atoms with Crippen LogP contribution in [0.2, 0.25) is 0 Å². The van der Waals surface area contributed by atoms with E-state index < -0.39 is 17.9 Å². The first kappa shape index (κ1) is 18.9. The number of carboxylic acid groups (broad SMARTS) is 2. The summed E-state index contributed by atoms with van der Waals surface area (Å²) >= 11 is 0. The molecule has 0 heterocycles. The van der Waals surface area contributed by atoms with Crippen molar-refractivity contribution in [2.24, 2.45) is 0 Å². The fraction of sp³-hybridized carbons (Fsp3) is 0.231. The van der Waals surface area contributed by atoms with Crippen LogP contribution >= 0.6 is 0 Å². The molecule has 1 rings (SSSR count). The molecule has 1 atom stereocenters. The number of benzene rings is 1. The molecule has 1 unspecified atom stereocenters. The Balaban J connectivity index is 0. The SMILES string of the molecule is C/C=C/C(=O)O.CC(C(=O)O)c1ccccc1.[LiH]. The first-order valence-electron chi connectivity index (χ1n) is 5.12. The third kappa shape index (κ3) is 8.63. The van der Waals surface area contributed by atoms with E-state index in [4.69, 9.17) is 10.2 Å². The zero-order valence-corrected chi connectivity index (χ0v) is 9.83. The van der Waals surface area contributed by atoms with Gasteiger partial charge in [0.25, 0.3) is 0 Å². The number of hydrogen-bond acceptors (Lipinski definition) is 2. The molecule has 0 aliphatic rings. The van der Waals surface area contributed by atoms with Crippen molar-refractivity contribution in [3.8, 4) is 0 Å². The topological polar surface area (TPSA) is 74.6 Å². The second-order valence-electron chi connectivity index (χ2n) is 3.31. The molecule has 5 heteroatoms. The van der Waals surface area contributed by atoms with Gasteiger partial charge >= 0.3 is 30.8 Å². The molecule has 0 amide bonds. The summed E-state index contributed by atoms with van der Waals surface area (Å²) in [5.74, 6) is -2.08. The van der Waals surface area contributed by atoms with Crippen molar-refractivity contribution in [2.75, 3.05) is 0 Å². The van der Waals surface area contributed by atoms with Crippen LogP contribution in [0.4, 0.5) is 0 Å². The van der Waals surface area contributed by atoms with Crippen molar-refractivity contribution in [3.05, 3.63) is 48.0 Å². The second kappa shape index (κ2) is 10.6. The quantitative estimate of drug-likeness (QED) is 0.628. The number of aliphatic carboxylic acids is 2. The summed E-state index contributed by atoms with van der Waals surface area (Å²) in [6.07, 6.45) is 2.56. The molecule has 1 aromatic rings. The van der Waals surface area contributed by atoms with Crippen LogP contribution in [-0.4, -0.2) is 41.0 Å². The molecule has 2 N–H and O–H groups in total. The van der Waals surface area contributed by atoms with E-state index in [0.717, 1.165) is 11.6 Å². The van der Waals surface area contributed by atoms with Gasteiger partial charge in [0.15, 0.2) is 0 Å². The monoisotopic (exact) mass is 244 g/mol. The molecule has 0 bridgehead atoms. The Morgan fingerprint density at radius 1 is 1.17 bits per heavy atom. The molecule has 0 saturated carbocycles. The van der Waals surface area contributed by atoms with Crippen LogP contribution in [0.15, 0.2) is 42.5 Å². The van der Waals surface area contributed by atoms with Gasteiger partial charge in [-0.15, -0.1) is 0 Å². The minimum absolute atomic E-state index is 0. The van der Waals surface area contributed by atoms with E-state index in [2.05, 4.69) is 0 Å². The van der Waals surface area contributed by atoms with Crippen LogP contribution in [0.1, 0.15) is 25.3 Å². The number of carboxylic acids is 2. The average Bonchev–Trinajstić information content (AvgIpc) is 2.29. The predicted octanol–water partition coefficient (Wildman–Crippen LogP) is 1.87. The van der Waals surface area contributed by atoms with E-state index in [0.29, 0.717) is 0 Å². The van der Waals surface area contributed by atoms with Crippen LogP contribution in [0, 0.1) is 0 Å². The van der Waals surface area contributed by atoms with Crippen molar-refractivity contribution in [1.82, 2.24) is 0 Å². The van der Waals surface area contributed by atoms with E-state index in [1.54, 1.807) is 13.8 Å². The zero-order chi connectivity index (χ0) is 13.3. The third-order valence-electron chi connectivity index (χ3n) is 1.98. The Bertz CT molecular complexity index is 387. The zero-order valence-electron chi connectivity index (χ0n) is 9.83. The summed E-state index contributed by atoms with van der Waals surface area (Å²) in [5, 5.41) is 16.5. The Kier molecular flexibility index (Phi) is 11.1. The van der Waals surface area contributed by atoms with Gasteiger partial charge in [-0.2, -0.15) is 0 Å². The Labute approximate surface area is 119 Å². The Morgan fingerprint density at radius 2 is 1.67 bits per heavy atom. The summed E-state index contributed by atoms with van der Waals surface area (Å²) in [4.78, 5) is 20.0. The normalized spacial score (nSPS) is 10.8. The molecule has 0 saturated heterocycles. The number of rotatable bonds is 3. The Morgan fingerprint density at radius 3 is 1.94 bits per heavy atom. The fourth-order valence-corrected chi connectivity index (χ4v) is 1.03. The van der Waals surface area contributed by atoms with E-state index in [1.807, 2.05) is 30.3 Å². The molecule has 0 radical (unpaired) electrons. The van der Waals surface area contributed by atoms with Crippen LogP contribution < -0.4 is 0 Å². The maximum atomic E-state index is 10.5. The van der Waals surface area contributed by atoms with Crippen molar-refractivity contribution in [2.45, 2.75) is 19.8 Å². The number of carbonyl (C=O) groups is 2. The fourth-order valence-electron chi connectivity index (χ4n) is 1.03. The predicted molar refractivity (Wildman–Crippen MR) is 72.1 cm³/mol. The summed E-state index contributed by atoms with van der Waals surface area (Å²) < 4.78 is 0. The van der Waals surface area contributed by atoms with Gasteiger partial charge in [0.2, 0.25) is 0 Å². The second-order valence-corrected chi connectivity index (χ2v) is 3.31. The molecule has 1 aromatic carbocycles. The van der Waals surface area contributed by atoms with Crippen LogP contribution in [0.3, 0.4) is 0 Å². The summed E-state index contributed by atoms with van der Waals surface area (Å²) in [5.41, 5.74) is 0.847. The number of hydrogen-bond donors (Lipinski definition) is 2. The molecule has 0 aliphatic heterocycles. The molecule has 0 aliphatic carbocycles. The van der Waals surface area contributed by atoms with Crippen molar-refractivity contribution >= 4 is 30.8 Å². The Hall–Kier alpha value is -1.50. The van der Waals surface area contributed by atoms with E-state index in [-0.39, 0.29) is 18.9 Å². The van der Waals surface area contributed by atoms with E-state index in [9.17, 15) is 9.59 Å². The minimum atomic E-state index is -0.891. The first-order chi connectivity index (χ1) is 7.99. The van der Waals surface area contributed by atoms with Crippen molar-refractivity contribution in [3.63, 3.8) is 0 Å². The van der Waals surface area contributed by atoms with Crippen LogP contribution in [0.25, 0.3) is 0 Å². The van der Waals surface area contributed by atoms with Gasteiger partial charge in [-0.05, 0) is 19.4 Å². The van der Waals surface area contributed by atoms with Gasteiger partial charge in [0.05, 0.1) is 5.92 Å². The molecular weight excluding hydrogens is 227 g/mol. The van der Waals surface area contributed by atoms with Gasteiger partial charge in [-0.25, -0.2) is 4.79 Å². The molecule has 94 valence electrons. The van der Waals surface area contributed by atoms with E-state index in [1.165, 1.54) is 6.08 Å².